The highest BCUT2D eigenvalue weighted by Crippen LogP contribution is 2.44. The van der Waals surface area contributed by atoms with Gasteiger partial charge in [0, 0.05) is 13.7 Å². The largest absolute Gasteiger partial charge is 0.376 e. The molecule has 0 radical (unpaired) electrons. The number of hydrogen-bond donors (Lipinski definition) is 0. The van der Waals surface area contributed by atoms with Gasteiger partial charge in [0.15, 0.2) is 5.79 Å². The van der Waals surface area contributed by atoms with E-state index in [1.807, 2.05) is 13.8 Å². The molecule has 1 saturated heterocycles. The van der Waals surface area contributed by atoms with Crippen LogP contribution >= 0.6 is 0 Å². The van der Waals surface area contributed by atoms with E-state index in [0.717, 1.165) is 25.9 Å². The SMILES string of the molecule is CCCCCCCCCCCCCCCCCCOCC1(OC(C)(C)OC)OC1CCC. The Labute approximate surface area is 200 Å². The summed E-state index contributed by atoms with van der Waals surface area (Å²) in [5, 5.41) is 0. The maximum absolute atomic E-state index is 6.11. The highest BCUT2D eigenvalue weighted by molar-refractivity contribution is 4.96. The summed E-state index contributed by atoms with van der Waals surface area (Å²) in [5.41, 5.74) is 0. The van der Waals surface area contributed by atoms with Crippen LogP contribution in [0.5, 0.6) is 0 Å². The fourth-order valence-corrected chi connectivity index (χ4v) is 4.42. The molecule has 0 aromatic heterocycles. The Bertz CT molecular complexity index is 426. The van der Waals surface area contributed by atoms with E-state index in [4.69, 9.17) is 18.9 Å². The highest BCUT2D eigenvalue weighted by atomic mass is 16.9. The molecule has 192 valence electrons. The van der Waals surface area contributed by atoms with Gasteiger partial charge < -0.3 is 18.9 Å². The number of methoxy groups -OCH3 is 1. The topological polar surface area (TPSA) is 40.2 Å². The fourth-order valence-electron chi connectivity index (χ4n) is 4.42. The molecule has 0 aromatic rings. The molecule has 0 spiro atoms. The first-order valence-corrected chi connectivity index (χ1v) is 14.0. The first-order chi connectivity index (χ1) is 15.5. The fraction of sp³-hybridized carbons (Fsp3) is 1.00. The molecule has 4 nitrogen and oxygen atoms in total. The van der Waals surface area contributed by atoms with E-state index in [0.29, 0.717) is 6.61 Å². The maximum atomic E-state index is 6.11. The smallest absolute Gasteiger partial charge is 0.222 e. The van der Waals surface area contributed by atoms with Crippen molar-refractivity contribution in [2.24, 2.45) is 0 Å². The first-order valence-electron chi connectivity index (χ1n) is 14.0. The summed E-state index contributed by atoms with van der Waals surface area (Å²) in [6.07, 6.45) is 24.4. The average molecular weight is 457 g/mol. The maximum Gasteiger partial charge on any atom is 0.222 e. The van der Waals surface area contributed by atoms with Crippen molar-refractivity contribution >= 4 is 0 Å². The molecule has 1 fully saturated rings. The minimum Gasteiger partial charge on any atom is -0.376 e. The summed E-state index contributed by atoms with van der Waals surface area (Å²) in [7, 11) is 1.67. The van der Waals surface area contributed by atoms with E-state index in [1.165, 1.54) is 96.3 Å². The van der Waals surface area contributed by atoms with Crippen molar-refractivity contribution in [1.29, 1.82) is 0 Å². The molecule has 0 bridgehead atoms. The highest BCUT2D eigenvalue weighted by Gasteiger charge is 2.60. The number of rotatable bonds is 24. The van der Waals surface area contributed by atoms with Crippen LogP contribution in [-0.4, -0.2) is 38.0 Å². The molecule has 2 atom stereocenters. The standard InChI is InChI=1S/C28H56O4/c1-6-8-9-10-11-12-13-14-15-16-17-18-19-20-21-22-24-30-25-28(26(31-28)23-7-2)32-27(3,4)29-5/h26H,6-25H2,1-5H3. The monoisotopic (exact) mass is 456 g/mol. The predicted octanol–water partition coefficient (Wildman–Crippen LogP) is 8.56. The van der Waals surface area contributed by atoms with Crippen molar-refractivity contribution in [3.63, 3.8) is 0 Å². The second-order valence-electron chi connectivity index (χ2n) is 10.3. The van der Waals surface area contributed by atoms with Crippen LogP contribution in [0.25, 0.3) is 0 Å². The first kappa shape index (κ1) is 29.9. The molecular weight excluding hydrogens is 400 g/mol. The predicted molar refractivity (Wildman–Crippen MR) is 135 cm³/mol. The van der Waals surface area contributed by atoms with Crippen LogP contribution < -0.4 is 0 Å². The van der Waals surface area contributed by atoms with E-state index in [2.05, 4.69) is 13.8 Å². The number of ether oxygens (including phenoxy) is 4. The Morgan fingerprint density at radius 3 is 1.59 bits per heavy atom. The molecule has 1 heterocycles. The van der Waals surface area contributed by atoms with Gasteiger partial charge in [-0.1, -0.05) is 117 Å². The van der Waals surface area contributed by atoms with Crippen molar-refractivity contribution in [2.75, 3.05) is 20.3 Å². The third kappa shape index (κ3) is 14.2. The summed E-state index contributed by atoms with van der Waals surface area (Å²) < 4.78 is 23.4. The number of unbranched alkanes of at least 4 members (excludes halogenated alkanes) is 15. The summed E-state index contributed by atoms with van der Waals surface area (Å²) in [4.78, 5) is 0. The van der Waals surface area contributed by atoms with Gasteiger partial charge in [-0.05, 0) is 26.7 Å². The van der Waals surface area contributed by atoms with Gasteiger partial charge >= 0.3 is 0 Å². The summed E-state index contributed by atoms with van der Waals surface area (Å²) in [6, 6.07) is 0. The lowest BCUT2D eigenvalue weighted by Gasteiger charge is -2.28. The summed E-state index contributed by atoms with van der Waals surface area (Å²) in [5.74, 6) is -1.26. The molecule has 2 unspecified atom stereocenters. The van der Waals surface area contributed by atoms with Gasteiger partial charge in [-0.3, -0.25) is 0 Å². The van der Waals surface area contributed by atoms with Crippen LogP contribution in [0, 0.1) is 0 Å². The van der Waals surface area contributed by atoms with Gasteiger partial charge in [-0.25, -0.2) is 0 Å². The Hall–Kier alpha value is -0.160. The second-order valence-corrected chi connectivity index (χ2v) is 10.3. The Morgan fingerprint density at radius 2 is 1.16 bits per heavy atom. The van der Waals surface area contributed by atoms with E-state index in [1.54, 1.807) is 7.11 Å². The zero-order valence-corrected chi connectivity index (χ0v) is 22.4. The normalized spacial score (nSPS) is 20.7. The second kappa shape index (κ2) is 18.2. The van der Waals surface area contributed by atoms with E-state index < -0.39 is 11.6 Å². The van der Waals surface area contributed by atoms with E-state index in [-0.39, 0.29) is 6.10 Å². The molecule has 4 heteroatoms. The van der Waals surface area contributed by atoms with Gasteiger partial charge in [-0.2, -0.15) is 0 Å². The third-order valence-electron chi connectivity index (χ3n) is 6.68. The van der Waals surface area contributed by atoms with Crippen LogP contribution in [0.2, 0.25) is 0 Å². The van der Waals surface area contributed by atoms with Crippen molar-refractivity contribution in [3.05, 3.63) is 0 Å². The van der Waals surface area contributed by atoms with E-state index >= 15 is 0 Å². The van der Waals surface area contributed by atoms with Crippen LogP contribution in [0.4, 0.5) is 0 Å². The third-order valence-corrected chi connectivity index (χ3v) is 6.68. The van der Waals surface area contributed by atoms with Crippen LogP contribution in [0.1, 0.15) is 143 Å². The van der Waals surface area contributed by atoms with Crippen LogP contribution in [0.3, 0.4) is 0 Å². The van der Waals surface area contributed by atoms with Crippen LogP contribution in [0.15, 0.2) is 0 Å². The van der Waals surface area contributed by atoms with Gasteiger partial charge in [-0.15, -0.1) is 0 Å². The van der Waals surface area contributed by atoms with Crippen molar-refractivity contribution < 1.29 is 18.9 Å². The van der Waals surface area contributed by atoms with Crippen LogP contribution in [-0.2, 0) is 18.9 Å². The molecule has 0 amide bonds. The minimum absolute atomic E-state index is 0.132. The van der Waals surface area contributed by atoms with Gasteiger partial charge in [0.05, 0.1) is 0 Å². The Balaban J connectivity index is 1.89. The molecule has 1 rings (SSSR count). The molecule has 1 aliphatic rings. The van der Waals surface area contributed by atoms with E-state index in [9.17, 15) is 0 Å². The quantitative estimate of drug-likeness (QED) is 0.0828. The van der Waals surface area contributed by atoms with Crippen molar-refractivity contribution in [2.45, 2.75) is 161 Å². The molecular formula is C28H56O4. The molecule has 0 aliphatic carbocycles. The van der Waals surface area contributed by atoms with Crippen molar-refractivity contribution in [3.8, 4) is 0 Å². The summed E-state index contributed by atoms with van der Waals surface area (Å²) >= 11 is 0. The summed E-state index contributed by atoms with van der Waals surface area (Å²) in [6.45, 7) is 9.61. The Kier molecular flexibility index (Phi) is 17.0. The molecule has 0 N–H and O–H groups in total. The molecule has 1 aliphatic heterocycles. The molecule has 32 heavy (non-hydrogen) atoms. The van der Waals surface area contributed by atoms with Crippen molar-refractivity contribution in [1.82, 2.24) is 0 Å². The number of epoxide rings is 1. The lowest BCUT2D eigenvalue weighted by Crippen LogP contribution is -2.39. The number of hydrogen-bond acceptors (Lipinski definition) is 4. The van der Waals surface area contributed by atoms with Gasteiger partial charge in [0.1, 0.15) is 12.7 Å². The molecule has 0 aromatic carbocycles. The average Bonchev–Trinajstić information content (AvgIpc) is 3.43. The Morgan fingerprint density at radius 1 is 0.688 bits per heavy atom. The van der Waals surface area contributed by atoms with Gasteiger partial charge in [0.25, 0.3) is 0 Å². The zero-order chi connectivity index (χ0) is 23.5. The lowest BCUT2D eigenvalue weighted by molar-refractivity contribution is -0.266. The minimum atomic E-state index is -0.653. The van der Waals surface area contributed by atoms with Gasteiger partial charge in [0.2, 0.25) is 5.79 Å². The molecule has 0 saturated carbocycles. The lowest BCUT2D eigenvalue weighted by atomic mass is 10.0. The zero-order valence-electron chi connectivity index (χ0n) is 22.4.